The predicted octanol–water partition coefficient (Wildman–Crippen LogP) is 3.49. The molecule has 0 bridgehead atoms. The van der Waals surface area contributed by atoms with Gasteiger partial charge in [0.25, 0.3) is 0 Å². The number of amides is 1. The molecule has 0 spiro atoms. The van der Waals surface area contributed by atoms with E-state index in [2.05, 4.69) is 5.32 Å². The first-order valence-electron chi connectivity index (χ1n) is 7.26. The number of hydrogen-bond donors (Lipinski definition) is 2. The third-order valence-corrected chi connectivity index (χ3v) is 5.36. The minimum Gasteiger partial charge on any atom is -0.481 e. The predicted molar refractivity (Wildman–Crippen MR) is 83.8 cm³/mol. The Labute approximate surface area is 133 Å². The fraction of sp³-hybridized carbons (Fsp3) is 0.600. The van der Waals surface area contributed by atoms with Gasteiger partial charge in [0, 0.05) is 17.8 Å². The summed E-state index contributed by atoms with van der Waals surface area (Å²) in [5.74, 6) is -0.977. The van der Waals surface area contributed by atoms with Crippen molar-refractivity contribution in [3.8, 4) is 0 Å². The van der Waals surface area contributed by atoms with Gasteiger partial charge in [0.15, 0.2) is 0 Å². The van der Waals surface area contributed by atoms with Crippen LogP contribution in [0.25, 0.3) is 0 Å². The van der Waals surface area contributed by atoms with Crippen molar-refractivity contribution in [3.63, 3.8) is 0 Å². The van der Waals surface area contributed by atoms with Gasteiger partial charge in [0.2, 0.25) is 5.91 Å². The molecule has 1 saturated carbocycles. The van der Waals surface area contributed by atoms with Gasteiger partial charge in [-0.1, -0.05) is 18.0 Å². The lowest BCUT2D eigenvalue weighted by Crippen LogP contribution is -2.42. The average molecular weight is 330 g/mol. The molecule has 2 N–H and O–H groups in total. The lowest BCUT2D eigenvalue weighted by molar-refractivity contribution is -0.157. The number of aryl methyl sites for hydroxylation is 1. The molecular formula is C15H20ClNO3S. The van der Waals surface area contributed by atoms with Crippen LogP contribution in [-0.2, 0) is 16.0 Å². The zero-order valence-electron chi connectivity index (χ0n) is 11.9. The molecule has 0 aliphatic heterocycles. The topological polar surface area (TPSA) is 66.4 Å². The van der Waals surface area contributed by atoms with Crippen molar-refractivity contribution in [1.82, 2.24) is 5.32 Å². The van der Waals surface area contributed by atoms with Crippen LogP contribution >= 0.6 is 22.9 Å². The van der Waals surface area contributed by atoms with E-state index in [4.69, 9.17) is 11.6 Å². The van der Waals surface area contributed by atoms with Crippen molar-refractivity contribution in [3.05, 3.63) is 21.3 Å². The molecule has 1 fully saturated rings. The fourth-order valence-electron chi connectivity index (χ4n) is 2.58. The lowest BCUT2D eigenvalue weighted by Gasteiger charge is -2.36. The summed E-state index contributed by atoms with van der Waals surface area (Å²) in [6, 6.07) is 3.92. The number of carboxylic acid groups (broad SMARTS) is 1. The largest absolute Gasteiger partial charge is 0.481 e. The zero-order chi connectivity index (χ0) is 15.3. The van der Waals surface area contributed by atoms with Crippen molar-refractivity contribution in [2.45, 2.75) is 44.9 Å². The van der Waals surface area contributed by atoms with Gasteiger partial charge in [-0.05, 0) is 44.2 Å². The number of aliphatic carboxylic acids is 1. The molecule has 2 rings (SSSR count). The van der Waals surface area contributed by atoms with Gasteiger partial charge in [-0.25, -0.2) is 0 Å². The molecular weight excluding hydrogens is 310 g/mol. The summed E-state index contributed by atoms with van der Waals surface area (Å²) in [7, 11) is 0. The van der Waals surface area contributed by atoms with Gasteiger partial charge >= 0.3 is 5.97 Å². The van der Waals surface area contributed by atoms with E-state index in [1.807, 2.05) is 12.1 Å². The van der Waals surface area contributed by atoms with Crippen LogP contribution in [0.4, 0.5) is 0 Å². The fourth-order valence-corrected chi connectivity index (χ4v) is 3.71. The van der Waals surface area contributed by atoms with Crippen LogP contribution < -0.4 is 5.32 Å². The first-order valence-corrected chi connectivity index (χ1v) is 8.46. The summed E-state index contributed by atoms with van der Waals surface area (Å²) >= 11 is 7.45. The van der Waals surface area contributed by atoms with Crippen LogP contribution in [0.15, 0.2) is 12.1 Å². The number of rotatable bonds is 8. The number of carboxylic acids is 1. The minimum atomic E-state index is -0.835. The number of halogens is 1. The Balaban J connectivity index is 1.60. The number of thiophene rings is 1. The van der Waals surface area contributed by atoms with Gasteiger partial charge < -0.3 is 10.4 Å². The highest BCUT2D eigenvalue weighted by atomic mass is 35.5. The summed E-state index contributed by atoms with van der Waals surface area (Å²) in [5, 5.41) is 12.0. The van der Waals surface area contributed by atoms with Crippen molar-refractivity contribution < 1.29 is 14.7 Å². The Morgan fingerprint density at radius 2 is 2.10 bits per heavy atom. The molecule has 1 aromatic rings. The first kappa shape index (κ1) is 16.3. The van der Waals surface area contributed by atoms with Crippen LogP contribution in [0.3, 0.4) is 0 Å². The van der Waals surface area contributed by atoms with Gasteiger partial charge in [0.1, 0.15) is 0 Å². The van der Waals surface area contributed by atoms with Crippen molar-refractivity contribution >= 4 is 34.8 Å². The van der Waals surface area contributed by atoms with Crippen molar-refractivity contribution in [2.24, 2.45) is 5.41 Å². The van der Waals surface area contributed by atoms with Gasteiger partial charge in [0.05, 0.1) is 9.75 Å². The first-order chi connectivity index (χ1) is 10.0. The molecule has 1 amide bonds. The van der Waals surface area contributed by atoms with E-state index in [0.29, 0.717) is 19.4 Å². The molecule has 0 atom stereocenters. The minimum absolute atomic E-state index is 0.114. The van der Waals surface area contributed by atoms with E-state index in [1.54, 1.807) is 11.3 Å². The maximum atomic E-state index is 11.8. The summed E-state index contributed by atoms with van der Waals surface area (Å²) in [4.78, 5) is 24.2. The number of unbranched alkanes of at least 4 members (excludes halogenated alkanes) is 1. The van der Waals surface area contributed by atoms with E-state index in [9.17, 15) is 14.7 Å². The third kappa shape index (κ3) is 4.45. The van der Waals surface area contributed by atoms with Gasteiger partial charge in [-0.15, -0.1) is 11.3 Å². The van der Waals surface area contributed by atoms with E-state index in [1.165, 1.54) is 4.88 Å². The lowest BCUT2D eigenvalue weighted by atomic mass is 9.66. The molecule has 1 heterocycles. The van der Waals surface area contributed by atoms with Crippen LogP contribution in [0, 0.1) is 5.41 Å². The maximum absolute atomic E-state index is 11.8. The Hall–Kier alpha value is -1.07. The van der Waals surface area contributed by atoms with Crippen LogP contribution in [0.1, 0.15) is 43.4 Å². The molecule has 0 saturated heterocycles. The SMILES string of the molecule is O=C(CC1(C(=O)O)CCC1)NCCCCc1ccc(Cl)s1. The molecule has 0 unspecified atom stereocenters. The highest BCUT2D eigenvalue weighted by Crippen LogP contribution is 2.44. The molecule has 1 aliphatic rings. The van der Waals surface area contributed by atoms with E-state index in [-0.39, 0.29) is 12.3 Å². The summed E-state index contributed by atoms with van der Waals surface area (Å²) in [5.41, 5.74) is -0.794. The summed E-state index contributed by atoms with van der Waals surface area (Å²) in [6.45, 7) is 0.605. The van der Waals surface area contributed by atoms with Crippen LogP contribution in [0.2, 0.25) is 4.34 Å². The molecule has 4 nitrogen and oxygen atoms in total. The quantitative estimate of drug-likeness (QED) is 0.717. The highest BCUT2D eigenvalue weighted by molar-refractivity contribution is 7.16. The van der Waals surface area contributed by atoms with Crippen molar-refractivity contribution in [2.75, 3.05) is 6.54 Å². The number of hydrogen-bond acceptors (Lipinski definition) is 3. The molecule has 116 valence electrons. The molecule has 21 heavy (non-hydrogen) atoms. The molecule has 0 radical (unpaired) electrons. The van der Waals surface area contributed by atoms with Crippen LogP contribution in [0.5, 0.6) is 0 Å². The third-order valence-electron chi connectivity index (χ3n) is 4.06. The van der Waals surface area contributed by atoms with Gasteiger partial charge in [-0.2, -0.15) is 0 Å². The normalized spacial score (nSPS) is 16.2. The Morgan fingerprint density at radius 1 is 1.33 bits per heavy atom. The maximum Gasteiger partial charge on any atom is 0.310 e. The van der Waals surface area contributed by atoms with E-state index in [0.717, 1.165) is 30.0 Å². The number of carbonyl (C=O) groups is 2. The van der Waals surface area contributed by atoms with Gasteiger partial charge in [-0.3, -0.25) is 9.59 Å². The number of nitrogens with one attached hydrogen (secondary N) is 1. The summed E-state index contributed by atoms with van der Waals surface area (Å²) in [6.07, 6.45) is 5.10. The standard InChI is InChI=1S/C15H20ClNO3S/c16-12-6-5-11(21-12)4-1-2-9-17-13(18)10-15(14(19)20)7-3-8-15/h5-6H,1-4,7-10H2,(H,17,18)(H,19,20). The molecule has 1 aromatic heterocycles. The highest BCUT2D eigenvalue weighted by Gasteiger charge is 2.45. The van der Waals surface area contributed by atoms with E-state index < -0.39 is 11.4 Å². The second kappa shape index (κ2) is 7.27. The summed E-state index contributed by atoms with van der Waals surface area (Å²) < 4.78 is 0.803. The monoisotopic (exact) mass is 329 g/mol. The smallest absolute Gasteiger partial charge is 0.310 e. The Kier molecular flexibility index (Phi) is 5.65. The molecule has 6 heteroatoms. The Bertz CT molecular complexity index is 511. The zero-order valence-corrected chi connectivity index (χ0v) is 13.4. The average Bonchev–Trinajstić information content (AvgIpc) is 2.79. The molecule has 1 aliphatic carbocycles. The second-order valence-corrected chi connectivity index (χ2v) is 7.43. The number of carbonyl (C=O) groups excluding carboxylic acids is 1. The second-order valence-electron chi connectivity index (χ2n) is 5.63. The van der Waals surface area contributed by atoms with Crippen molar-refractivity contribution in [1.29, 1.82) is 0 Å². The molecule has 0 aromatic carbocycles. The van der Waals surface area contributed by atoms with Crippen LogP contribution in [-0.4, -0.2) is 23.5 Å². The Morgan fingerprint density at radius 3 is 2.62 bits per heavy atom. The van der Waals surface area contributed by atoms with E-state index >= 15 is 0 Å².